The van der Waals surface area contributed by atoms with Gasteiger partial charge in [0.05, 0.1) is 18.9 Å². The summed E-state index contributed by atoms with van der Waals surface area (Å²) in [6.07, 6.45) is -1.17. The van der Waals surface area contributed by atoms with Crippen molar-refractivity contribution < 1.29 is 22.7 Å². The molecular formula is C22H20F3N3O2. The number of ether oxygens (including phenoxy) is 1. The van der Waals surface area contributed by atoms with Crippen LogP contribution < -0.4 is 15.4 Å². The predicted molar refractivity (Wildman–Crippen MR) is 109 cm³/mol. The molecule has 0 bridgehead atoms. The highest BCUT2D eigenvalue weighted by Gasteiger charge is 2.30. The molecule has 0 aliphatic heterocycles. The van der Waals surface area contributed by atoms with E-state index in [0.29, 0.717) is 17.9 Å². The Kier molecular flexibility index (Phi) is 6.25. The first-order chi connectivity index (χ1) is 14.3. The highest BCUT2D eigenvalue weighted by molar-refractivity contribution is 6.05. The van der Waals surface area contributed by atoms with Crippen LogP contribution in [0.3, 0.4) is 0 Å². The maximum absolute atomic E-state index is 12.9. The predicted octanol–water partition coefficient (Wildman–Crippen LogP) is 5.28. The Morgan fingerprint density at radius 2 is 1.90 bits per heavy atom. The van der Waals surface area contributed by atoms with Crippen molar-refractivity contribution in [1.29, 1.82) is 0 Å². The first kappa shape index (κ1) is 21.2. The van der Waals surface area contributed by atoms with Gasteiger partial charge in [-0.15, -0.1) is 0 Å². The molecule has 0 saturated heterocycles. The fourth-order valence-electron chi connectivity index (χ4n) is 2.80. The lowest BCUT2D eigenvalue weighted by atomic mass is 10.1. The number of nitrogens with zero attached hydrogens (tertiary/aromatic N) is 1. The highest BCUT2D eigenvalue weighted by atomic mass is 19.4. The van der Waals surface area contributed by atoms with Crippen molar-refractivity contribution in [3.05, 3.63) is 83.2 Å². The number of benzene rings is 2. The van der Waals surface area contributed by atoms with Crippen LogP contribution in [-0.4, -0.2) is 18.0 Å². The largest absolute Gasteiger partial charge is 0.495 e. The molecule has 0 saturated carbocycles. The third-order valence-corrected chi connectivity index (χ3v) is 4.44. The van der Waals surface area contributed by atoms with E-state index in [2.05, 4.69) is 15.6 Å². The van der Waals surface area contributed by atoms with Gasteiger partial charge in [-0.1, -0.05) is 12.1 Å². The maximum atomic E-state index is 12.9. The fraction of sp³-hybridized carbons (Fsp3) is 0.182. The number of pyridine rings is 1. The number of anilines is 2. The van der Waals surface area contributed by atoms with Crippen LogP contribution >= 0.6 is 0 Å². The minimum Gasteiger partial charge on any atom is -0.495 e. The number of methoxy groups -OCH3 is 1. The van der Waals surface area contributed by atoms with Crippen LogP contribution in [-0.2, 0) is 12.7 Å². The smallest absolute Gasteiger partial charge is 0.416 e. The molecular weight excluding hydrogens is 395 g/mol. The second-order valence-electron chi connectivity index (χ2n) is 6.65. The molecule has 0 spiro atoms. The highest BCUT2D eigenvalue weighted by Crippen LogP contribution is 2.30. The van der Waals surface area contributed by atoms with Crippen molar-refractivity contribution in [2.24, 2.45) is 0 Å². The van der Waals surface area contributed by atoms with Crippen LogP contribution in [0, 0.1) is 6.92 Å². The van der Waals surface area contributed by atoms with Crippen LogP contribution in [0.5, 0.6) is 5.75 Å². The molecule has 8 heteroatoms. The molecule has 1 heterocycles. The number of nitrogens with one attached hydrogen (secondary N) is 2. The summed E-state index contributed by atoms with van der Waals surface area (Å²) in [6, 6.07) is 11.4. The quantitative estimate of drug-likeness (QED) is 0.575. The summed E-state index contributed by atoms with van der Waals surface area (Å²) in [4.78, 5) is 16.6. The van der Waals surface area contributed by atoms with Crippen LogP contribution in [0.1, 0.15) is 27.0 Å². The number of aryl methyl sites for hydroxylation is 1. The van der Waals surface area contributed by atoms with Crippen molar-refractivity contribution >= 4 is 17.3 Å². The summed E-state index contributed by atoms with van der Waals surface area (Å²) in [7, 11) is 1.56. The van der Waals surface area contributed by atoms with Crippen LogP contribution in [0.2, 0.25) is 0 Å². The first-order valence-corrected chi connectivity index (χ1v) is 9.07. The van der Waals surface area contributed by atoms with Gasteiger partial charge in [0.25, 0.3) is 5.91 Å². The number of alkyl halides is 3. The lowest BCUT2D eigenvalue weighted by molar-refractivity contribution is -0.137. The lowest BCUT2D eigenvalue weighted by Gasteiger charge is -2.13. The molecule has 0 atom stereocenters. The number of hydrogen-bond acceptors (Lipinski definition) is 4. The van der Waals surface area contributed by atoms with E-state index in [1.165, 1.54) is 12.1 Å². The monoisotopic (exact) mass is 415 g/mol. The van der Waals surface area contributed by atoms with Crippen LogP contribution in [0.25, 0.3) is 0 Å². The van der Waals surface area contributed by atoms with Crippen molar-refractivity contribution in [1.82, 2.24) is 4.98 Å². The van der Waals surface area contributed by atoms with Gasteiger partial charge in [-0.05, 0) is 54.4 Å². The van der Waals surface area contributed by atoms with Gasteiger partial charge in [0, 0.05) is 29.7 Å². The summed E-state index contributed by atoms with van der Waals surface area (Å²) in [5.41, 5.74) is 2.12. The number of amides is 1. The Morgan fingerprint density at radius 3 is 2.63 bits per heavy atom. The molecule has 0 aliphatic carbocycles. The second-order valence-corrected chi connectivity index (χ2v) is 6.65. The van der Waals surface area contributed by atoms with Crippen molar-refractivity contribution in [3.63, 3.8) is 0 Å². The summed E-state index contributed by atoms with van der Waals surface area (Å²) < 4.78 is 43.7. The van der Waals surface area contributed by atoms with Gasteiger partial charge in [0.2, 0.25) is 0 Å². The van der Waals surface area contributed by atoms with Gasteiger partial charge in [-0.25, -0.2) is 0 Å². The molecule has 2 aromatic carbocycles. The minimum absolute atomic E-state index is 0.0763. The van der Waals surface area contributed by atoms with E-state index in [9.17, 15) is 18.0 Å². The zero-order chi connectivity index (χ0) is 21.7. The first-order valence-electron chi connectivity index (χ1n) is 9.07. The van der Waals surface area contributed by atoms with Gasteiger partial charge < -0.3 is 15.4 Å². The van der Waals surface area contributed by atoms with Crippen LogP contribution in [0.15, 0.2) is 60.9 Å². The fourth-order valence-corrected chi connectivity index (χ4v) is 2.80. The van der Waals surface area contributed by atoms with Crippen molar-refractivity contribution in [2.75, 3.05) is 17.7 Å². The zero-order valence-corrected chi connectivity index (χ0v) is 16.4. The SMILES string of the molecule is COc1cncc(CNc2cc(C(=O)Nc3cccc(C(F)(F)F)c3)ccc2C)c1. The zero-order valence-electron chi connectivity index (χ0n) is 16.4. The molecule has 5 nitrogen and oxygen atoms in total. The number of aromatic nitrogens is 1. The summed E-state index contributed by atoms with van der Waals surface area (Å²) in [6.45, 7) is 2.35. The van der Waals surface area contributed by atoms with Crippen LogP contribution in [0.4, 0.5) is 24.5 Å². The topological polar surface area (TPSA) is 63.2 Å². The molecule has 3 rings (SSSR count). The third-order valence-electron chi connectivity index (χ3n) is 4.44. The molecule has 0 fully saturated rings. The van der Waals surface area contributed by atoms with Crippen molar-refractivity contribution in [2.45, 2.75) is 19.6 Å². The molecule has 30 heavy (non-hydrogen) atoms. The molecule has 0 radical (unpaired) electrons. The molecule has 1 aromatic heterocycles. The van der Waals surface area contributed by atoms with Gasteiger partial charge in [-0.2, -0.15) is 13.2 Å². The number of carbonyl (C=O) groups is 1. The van der Waals surface area contributed by atoms with Gasteiger partial charge in [0.1, 0.15) is 5.75 Å². The Labute approximate surface area is 171 Å². The van der Waals surface area contributed by atoms with Gasteiger partial charge in [0.15, 0.2) is 0 Å². The molecule has 3 aromatic rings. The molecule has 156 valence electrons. The van der Waals surface area contributed by atoms with E-state index in [1.54, 1.807) is 37.7 Å². The molecule has 0 unspecified atom stereocenters. The van der Waals surface area contributed by atoms with Gasteiger partial charge in [-0.3, -0.25) is 9.78 Å². The van der Waals surface area contributed by atoms with E-state index in [-0.39, 0.29) is 5.69 Å². The van der Waals surface area contributed by atoms with E-state index < -0.39 is 17.6 Å². The summed E-state index contributed by atoms with van der Waals surface area (Å²) >= 11 is 0. The standard InChI is InChI=1S/C22H20F3N3O2/c1-14-6-7-16(9-20(14)27-12-15-8-19(30-2)13-26-11-15)21(29)28-18-5-3-4-17(10-18)22(23,24)25/h3-11,13,27H,12H2,1-2H3,(H,28,29). The normalized spacial score (nSPS) is 11.1. The van der Waals surface area contributed by atoms with E-state index in [4.69, 9.17) is 4.74 Å². The van der Waals surface area contributed by atoms with E-state index in [1.807, 2.05) is 13.0 Å². The van der Waals surface area contributed by atoms with Gasteiger partial charge >= 0.3 is 6.18 Å². The molecule has 2 N–H and O–H groups in total. The second kappa shape index (κ2) is 8.86. The Morgan fingerprint density at radius 1 is 1.10 bits per heavy atom. The number of carbonyl (C=O) groups excluding carboxylic acids is 1. The Bertz CT molecular complexity index is 1050. The third kappa shape index (κ3) is 5.28. The molecule has 0 aliphatic rings. The number of halogens is 3. The average Bonchev–Trinajstić information content (AvgIpc) is 2.73. The Balaban J connectivity index is 1.73. The number of rotatable bonds is 6. The molecule has 1 amide bonds. The summed E-state index contributed by atoms with van der Waals surface area (Å²) in [5.74, 6) is 0.139. The number of hydrogen-bond donors (Lipinski definition) is 2. The average molecular weight is 415 g/mol. The van der Waals surface area contributed by atoms with Crippen molar-refractivity contribution in [3.8, 4) is 5.75 Å². The lowest BCUT2D eigenvalue weighted by Crippen LogP contribution is -2.14. The maximum Gasteiger partial charge on any atom is 0.416 e. The van der Waals surface area contributed by atoms with E-state index >= 15 is 0 Å². The minimum atomic E-state index is -4.48. The summed E-state index contributed by atoms with van der Waals surface area (Å²) in [5, 5.41) is 5.76. The van der Waals surface area contributed by atoms with E-state index in [0.717, 1.165) is 28.9 Å². The Hall–Kier alpha value is -3.55.